The molecule has 6 nitrogen and oxygen atoms in total. The molecule has 0 unspecified atom stereocenters. The van der Waals surface area contributed by atoms with Crippen LogP contribution in [-0.4, -0.2) is 33.6 Å². The van der Waals surface area contributed by atoms with Crippen LogP contribution in [0.15, 0.2) is 48.7 Å². The monoisotopic (exact) mass is 297 g/mol. The van der Waals surface area contributed by atoms with Crippen molar-refractivity contribution < 1.29 is 14.3 Å². The Balaban J connectivity index is 1.59. The molecule has 0 amide bonds. The van der Waals surface area contributed by atoms with Gasteiger partial charge < -0.3 is 9.47 Å². The van der Waals surface area contributed by atoms with Gasteiger partial charge in [-0.25, -0.2) is 0 Å². The zero-order chi connectivity index (χ0) is 15.4. The number of benzene rings is 1. The third-order valence-corrected chi connectivity index (χ3v) is 3.12. The van der Waals surface area contributed by atoms with Crippen molar-refractivity contribution in [1.82, 2.24) is 14.6 Å². The van der Waals surface area contributed by atoms with Crippen LogP contribution in [-0.2, 0) is 0 Å². The van der Waals surface area contributed by atoms with E-state index in [1.54, 1.807) is 16.5 Å². The average Bonchev–Trinajstić information content (AvgIpc) is 2.95. The minimum Gasteiger partial charge on any atom is -0.489 e. The molecule has 0 radical (unpaired) electrons. The quantitative estimate of drug-likeness (QED) is 0.516. The summed E-state index contributed by atoms with van der Waals surface area (Å²) < 4.78 is 12.9. The summed E-state index contributed by atoms with van der Waals surface area (Å²) in [7, 11) is 0. The Morgan fingerprint density at radius 1 is 1.05 bits per heavy atom. The van der Waals surface area contributed by atoms with Crippen LogP contribution < -0.4 is 9.47 Å². The molecule has 2 aromatic heterocycles. The van der Waals surface area contributed by atoms with Crippen LogP contribution in [0.25, 0.3) is 5.65 Å². The number of rotatable bonds is 6. The lowest BCUT2D eigenvalue weighted by atomic mass is 10.1. The number of carbonyl (C=O) groups is 1. The molecule has 0 saturated heterocycles. The van der Waals surface area contributed by atoms with Crippen LogP contribution in [0.3, 0.4) is 0 Å². The topological polar surface area (TPSA) is 65.7 Å². The molecule has 0 bridgehead atoms. The van der Waals surface area contributed by atoms with Crippen LogP contribution in [0.5, 0.6) is 11.8 Å². The number of fused-ring (bicyclic) bond motifs is 1. The first kappa shape index (κ1) is 14.1. The Morgan fingerprint density at radius 2 is 1.82 bits per heavy atom. The summed E-state index contributed by atoms with van der Waals surface area (Å²) in [6.45, 7) is 2.13. The molecule has 0 spiro atoms. The van der Waals surface area contributed by atoms with Crippen LogP contribution in [0.1, 0.15) is 17.3 Å². The maximum absolute atomic E-state index is 11.5. The van der Waals surface area contributed by atoms with Crippen molar-refractivity contribution in [2.45, 2.75) is 6.92 Å². The summed E-state index contributed by atoms with van der Waals surface area (Å²) in [6, 6.07) is 13.2. The number of carbonyl (C=O) groups excluding carboxylic acids is 1. The van der Waals surface area contributed by atoms with E-state index in [0.717, 1.165) is 5.65 Å². The molecule has 0 fully saturated rings. The van der Waals surface area contributed by atoms with E-state index < -0.39 is 0 Å². The lowest BCUT2D eigenvalue weighted by Gasteiger charge is -2.09. The highest BCUT2D eigenvalue weighted by atomic mass is 16.5. The molecule has 0 N–H and O–H groups in total. The Morgan fingerprint density at radius 3 is 2.68 bits per heavy atom. The predicted molar refractivity (Wildman–Crippen MR) is 80.4 cm³/mol. The highest BCUT2D eigenvalue weighted by Gasteiger charge is 2.08. The molecule has 1 aromatic carbocycles. The van der Waals surface area contributed by atoms with Gasteiger partial charge in [-0.15, -0.1) is 5.10 Å². The number of pyridine rings is 1. The first-order valence-electron chi connectivity index (χ1n) is 6.91. The second-order valence-electron chi connectivity index (χ2n) is 4.66. The van der Waals surface area contributed by atoms with Crippen LogP contribution in [0.2, 0.25) is 0 Å². The number of para-hydroxylation sites is 1. The summed E-state index contributed by atoms with van der Waals surface area (Å²) in [5, 5.41) is 7.96. The van der Waals surface area contributed by atoms with Crippen molar-refractivity contribution in [3.8, 4) is 11.8 Å². The summed E-state index contributed by atoms with van der Waals surface area (Å²) >= 11 is 0. The van der Waals surface area contributed by atoms with E-state index in [0.29, 0.717) is 30.5 Å². The van der Waals surface area contributed by atoms with Gasteiger partial charge in [0, 0.05) is 6.20 Å². The molecule has 112 valence electrons. The first-order valence-corrected chi connectivity index (χ1v) is 6.91. The minimum atomic E-state index is -0.0278. The lowest BCUT2D eigenvalue weighted by Crippen LogP contribution is -2.12. The van der Waals surface area contributed by atoms with E-state index in [1.807, 2.05) is 36.5 Å². The summed E-state index contributed by atoms with van der Waals surface area (Å²) in [5.74, 6) is 0.532. The third-order valence-electron chi connectivity index (χ3n) is 3.12. The van der Waals surface area contributed by atoms with E-state index in [1.165, 1.54) is 6.92 Å². The Labute approximate surface area is 127 Å². The summed E-state index contributed by atoms with van der Waals surface area (Å²) in [5.41, 5.74) is 1.29. The van der Waals surface area contributed by atoms with Crippen LogP contribution >= 0.6 is 0 Å². The van der Waals surface area contributed by atoms with Crippen molar-refractivity contribution in [2.75, 3.05) is 13.2 Å². The number of Topliss-reactive ketones (excluding diaryl/α,β-unsaturated/α-hetero) is 1. The van der Waals surface area contributed by atoms with Crippen molar-refractivity contribution in [1.29, 1.82) is 0 Å². The molecule has 6 heteroatoms. The molecule has 0 aliphatic heterocycles. The molecule has 0 atom stereocenters. The summed E-state index contributed by atoms with van der Waals surface area (Å²) in [4.78, 5) is 11.5. The van der Waals surface area contributed by atoms with Crippen molar-refractivity contribution in [3.63, 3.8) is 0 Å². The summed E-state index contributed by atoms with van der Waals surface area (Å²) in [6.07, 6.45) is 1.83. The van der Waals surface area contributed by atoms with Gasteiger partial charge in [0.15, 0.2) is 11.4 Å². The van der Waals surface area contributed by atoms with E-state index in [-0.39, 0.29) is 5.78 Å². The molecule has 2 heterocycles. The van der Waals surface area contributed by atoms with Gasteiger partial charge in [0.25, 0.3) is 0 Å². The predicted octanol–water partition coefficient (Wildman–Crippen LogP) is 2.39. The molecule has 22 heavy (non-hydrogen) atoms. The highest BCUT2D eigenvalue weighted by molar-refractivity contribution is 5.96. The van der Waals surface area contributed by atoms with Gasteiger partial charge in [0.1, 0.15) is 19.0 Å². The fraction of sp³-hybridized carbons (Fsp3) is 0.188. The molecular weight excluding hydrogens is 282 g/mol. The number of ether oxygens (including phenoxy) is 2. The van der Waals surface area contributed by atoms with Crippen molar-refractivity contribution in [2.24, 2.45) is 0 Å². The van der Waals surface area contributed by atoms with Gasteiger partial charge in [0.05, 0.1) is 5.56 Å². The molecule has 0 aliphatic rings. The van der Waals surface area contributed by atoms with Gasteiger partial charge in [-0.2, -0.15) is 0 Å². The number of aromatic nitrogens is 3. The Bertz CT molecular complexity index is 798. The standard InChI is InChI=1S/C16H15N3O3/c1-12(20)13-6-2-3-7-14(13)21-10-11-22-16-18-17-15-8-4-5-9-19(15)16/h2-9H,10-11H2,1H3. The maximum Gasteiger partial charge on any atom is 0.321 e. The zero-order valence-electron chi connectivity index (χ0n) is 12.1. The maximum atomic E-state index is 11.5. The first-order chi connectivity index (χ1) is 10.8. The van der Waals surface area contributed by atoms with Crippen molar-refractivity contribution in [3.05, 3.63) is 54.2 Å². The van der Waals surface area contributed by atoms with Crippen LogP contribution in [0, 0.1) is 0 Å². The van der Waals surface area contributed by atoms with Gasteiger partial charge >= 0.3 is 6.01 Å². The Hall–Kier alpha value is -2.89. The van der Waals surface area contributed by atoms with Gasteiger partial charge in [-0.05, 0) is 31.2 Å². The normalized spacial score (nSPS) is 10.6. The number of nitrogens with zero attached hydrogens (tertiary/aromatic N) is 3. The highest BCUT2D eigenvalue weighted by Crippen LogP contribution is 2.18. The second kappa shape index (κ2) is 6.26. The zero-order valence-corrected chi connectivity index (χ0v) is 12.1. The SMILES string of the molecule is CC(=O)c1ccccc1OCCOc1nnc2ccccn12. The Kier molecular flexibility index (Phi) is 4.00. The van der Waals surface area contributed by atoms with Gasteiger partial charge in [-0.3, -0.25) is 9.20 Å². The van der Waals surface area contributed by atoms with Gasteiger partial charge in [-0.1, -0.05) is 23.3 Å². The molecule has 3 aromatic rings. The minimum absolute atomic E-state index is 0.0278. The molecular formula is C16H15N3O3. The smallest absolute Gasteiger partial charge is 0.321 e. The van der Waals surface area contributed by atoms with E-state index in [4.69, 9.17) is 9.47 Å². The van der Waals surface area contributed by atoms with E-state index in [2.05, 4.69) is 10.2 Å². The second-order valence-corrected chi connectivity index (χ2v) is 4.66. The number of ketones is 1. The molecule has 0 aliphatic carbocycles. The fourth-order valence-electron chi connectivity index (χ4n) is 2.09. The largest absolute Gasteiger partial charge is 0.489 e. The van der Waals surface area contributed by atoms with Crippen molar-refractivity contribution >= 4 is 11.4 Å². The van der Waals surface area contributed by atoms with E-state index >= 15 is 0 Å². The average molecular weight is 297 g/mol. The van der Waals surface area contributed by atoms with Crippen LogP contribution in [0.4, 0.5) is 0 Å². The lowest BCUT2D eigenvalue weighted by molar-refractivity contribution is 0.101. The number of hydrogen-bond acceptors (Lipinski definition) is 5. The number of hydrogen-bond donors (Lipinski definition) is 0. The van der Waals surface area contributed by atoms with E-state index in [9.17, 15) is 4.79 Å². The molecule has 3 rings (SSSR count). The van der Waals surface area contributed by atoms with Gasteiger partial charge in [0.2, 0.25) is 0 Å². The third kappa shape index (κ3) is 2.90. The molecule has 0 saturated carbocycles. The fourth-order valence-corrected chi connectivity index (χ4v) is 2.09.